The van der Waals surface area contributed by atoms with Crippen LogP contribution in [0.5, 0.6) is 0 Å². The Bertz CT molecular complexity index is 866. The van der Waals surface area contributed by atoms with Crippen LogP contribution in [0.15, 0.2) is 48.7 Å². The van der Waals surface area contributed by atoms with Crippen LogP contribution in [0.25, 0.3) is 0 Å². The fourth-order valence-electron chi connectivity index (χ4n) is 2.54. The summed E-state index contributed by atoms with van der Waals surface area (Å²) in [6.45, 7) is 4.64. The van der Waals surface area contributed by atoms with E-state index in [1.807, 2.05) is 25.1 Å². The molecule has 0 bridgehead atoms. The van der Waals surface area contributed by atoms with Crippen LogP contribution >= 0.6 is 0 Å². The molecule has 0 atom stereocenters. The number of benzene rings is 2. The minimum atomic E-state index is -0.192. The summed E-state index contributed by atoms with van der Waals surface area (Å²) in [5.74, 6) is 0.823. The maximum atomic E-state index is 13.6. The lowest BCUT2D eigenvalue weighted by atomic mass is 10.1. The molecule has 2 aromatic carbocycles. The largest absolute Gasteiger partial charge is 0.368 e. The highest BCUT2D eigenvalue weighted by Crippen LogP contribution is 2.19. The molecule has 0 amide bonds. The first kappa shape index (κ1) is 16.8. The van der Waals surface area contributed by atoms with Crippen molar-refractivity contribution in [3.8, 4) is 0 Å². The van der Waals surface area contributed by atoms with Crippen LogP contribution in [0.3, 0.4) is 0 Å². The first-order chi connectivity index (χ1) is 12.1. The van der Waals surface area contributed by atoms with Crippen molar-refractivity contribution in [2.45, 2.75) is 20.3 Å². The normalized spacial score (nSPS) is 10.5. The summed E-state index contributed by atoms with van der Waals surface area (Å²) in [6, 6.07) is 12.9. The number of hydrogen-bond acceptors (Lipinski definition) is 5. The lowest BCUT2D eigenvalue weighted by molar-refractivity contribution is 0.610. The van der Waals surface area contributed by atoms with E-state index in [9.17, 15) is 4.39 Å². The van der Waals surface area contributed by atoms with E-state index in [1.165, 1.54) is 11.6 Å². The molecule has 0 unspecified atom stereocenters. The van der Waals surface area contributed by atoms with Crippen LogP contribution in [0, 0.1) is 19.7 Å². The minimum absolute atomic E-state index is 0.192. The Kier molecular flexibility index (Phi) is 5.18. The molecule has 0 fully saturated rings. The smallest absolute Gasteiger partial charge is 0.249 e. The van der Waals surface area contributed by atoms with Gasteiger partial charge in [0.25, 0.3) is 0 Å². The molecule has 3 rings (SSSR count). The molecule has 0 aliphatic carbocycles. The monoisotopic (exact) mass is 337 g/mol. The quantitative estimate of drug-likeness (QED) is 0.711. The summed E-state index contributed by atoms with van der Waals surface area (Å²) in [6.07, 6.45) is 2.12. The maximum Gasteiger partial charge on any atom is 0.249 e. The molecule has 6 heteroatoms. The van der Waals surface area contributed by atoms with Gasteiger partial charge in [-0.05, 0) is 43.5 Å². The molecule has 0 spiro atoms. The highest BCUT2D eigenvalue weighted by Gasteiger charge is 2.05. The first-order valence-electron chi connectivity index (χ1n) is 8.13. The van der Waals surface area contributed by atoms with E-state index in [-0.39, 0.29) is 5.82 Å². The molecule has 1 heterocycles. The van der Waals surface area contributed by atoms with Crippen LogP contribution in [0.1, 0.15) is 16.7 Å². The molecule has 0 saturated heterocycles. The van der Waals surface area contributed by atoms with Crippen molar-refractivity contribution in [3.63, 3.8) is 0 Å². The zero-order valence-corrected chi connectivity index (χ0v) is 14.3. The fraction of sp³-hybridized carbons (Fsp3) is 0.211. The number of nitrogens with one attached hydrogen (secondary N) is 2. The molecule has 0 aliphatic heterocycles. The van der Waals surface area contributed by atoms with Gasteiger partial charge in [0.2, 0.25) is 5.95 Å². The van der Waals surface area contributed by atoms with Gasteiger partial charge < -0.3 is 10.6 Å². The lowest BCUT2D eigenvalue weighted by Crippen LogP contribution is -2.09. The SMILES string of the molecule is Cc1ccc(Nc2nncc(NCCc3ccccc3F)n2)c(C)c1. The number of aryl methyl sites for hydroxylation is 2. The van der Waals surface area contributed by atoms with Crippen molar-refractivity contribution in [1.29, 1.82) is 0 Å². The van der Waals surface area contributed by atoms with E-state index in [2.05, 4.69) is 38.8 Å². The van der Waals surface area contributed by atoms with Gasteiger partial charge in [-0.15, -0.1) is 5.10 Å². The third kappa shape index (κ3) is 4.50. The zero-order chi connectivity index (χ0) is 17.6. The second-order valence-corrected chi connectivity index (χ2v) is 5.88. The fourth-order valence-corrected chi connectivity index (χ4v) is 2.54. The van der Waals surface area contributed by atoms with E-state index < -0.39 is 0 Å². The van der Waals surface area contributed by atoms with E-state index in [0.717, 1.165) is 11.3 Å². The summed E-state index contributed by atoms with van der Waals surface area (Å²) in [5, 5.41) is 14.3. The Morgan fingerprint density at radius 3 is 2.72 bits per heavy atom. The maximum absolute atomic E-state index is 13.6. The van der Waals surface area contributed by atoms with E-state index in [4.69, 9.17) is 0 Å². The average molecular weight is 337 g/mol. The molecule has 25 heavy (non-hydrogen) atoms. The van der Waals surface area contributed by atoms with Crippen molar-refractivity contribution >= 4 is 17.5 Å². The Balaban J connectivity index is 1.62. The van der Waals surface area contributed by atoms with Gasteiger partial charge in [0.05, 0.1) is 6.20 Å². The molecule has 1 aromatic heterocycles. The summed E-state index contributed by atoms with van der Waals surface area (Å²) >= 11 is 0. The first-order valence-corrected chi connectivity index (χ1v) is 8.13. The van der Waals surface area contributed by atoms with Crippen LogP contribution in [-0.2, 0) is 6.42 Å². The molecular weight excluding hydrogens is 317 g/mol. The Morgan fingerprint density at radius 2 is 1.92 bits per heavy atom. The van der Waals surface area contributed by atoms with Gasteiger partial charge in [0, 0.05) is 12.2 Å². The molecule has 0 saturated carbocycles. The number of rotatable bonds is 6. The molecule has 0 radical (unpaired) electrons. The molecule has 0 aliphatic rings. The highest BCUT2D eigenvalue weighted by molar-refractivity contribution is 5.59. The van der Waals surface area contributed by atoms with Gasteiger partial charge >= 0.3 is 0 Å². The Morgan fingerprint density at radius 1 is 1.08 bits per heavy atom. The van der Waals surface area contributed by atoms with Gasteiger partial charge in [-0.25, -0.2) is 4.39 Å². The van der Waals surface area contributed by atoms with Crippen LogP contribution in [0.4, 0.5) is 21.8 Å². The van der Waals surface area contributed by atoms with Gasteiger partial charge in [-0.3, -0.25) is 0 Å². The van der Waals surface area contributed by atoms with E-state index >= 15 is 0 Å². The summed E-state index contributed by atoms with van der Waals surface area (Å²) in [7, 11) is 0. The number of nitrogens with zero attached hydrogens (tertiary/aromatic N) is 3. The predicted octanol–water partition coefficient (Wildman–Crippen LogP) is 4.03. The lowest BCUT2D eigenvalue weighted by Gasteiger charge is -2.10. The van der Waals surface area contributed by atoms with Crippen LogP contribution in [0.2, 0.25) is 0 Å². The highest BCUT2D eigenvalue weighted by atomic mass is 19.1. The van der Waals surface area contributed by atoms with Crippen LogP contribution in [-0.4, -0.2) is 21.7 Å². The van der Waals surface area contributed by atoms with Gasteiger partial charge in [-0.1, -0.05) is 35.9 Å². The van der Waals surface area contributed by atoms with Crippen molar-refractivity contribution in [3.05, 3.63) is 71.2 Å². The topological polar surface area (TPSA) is 62.7 Å². The van der Waals surface area contributed by atoms with Crippen LogP contribution < -0.4 is 10.6 Å². The average Bonchev–Trinajstić information content (AvgIpc) is 2.60. The molecule has 2 N–H and O–H groups in total. The molecule has 128 valence electrons. The summed E-state index contributed by atoms with van der Waals surface area (Å²) < 4.78 is 13.6. The second-order valence-electron chi connectivity index (χ2n) is 5.88. The number of anilines is 3. The van der Waals surface area contributed by atoms with E-state index in [1.54, 1.807) is 18.3 Å². The minimum Gasteiger partial charge on any atom is -0.368 e. The van der Waals surface area contributed by atoms with E-state index in [0.29, 0.717) is 30.3 Å². The number of aromatic nitrogens is 3. The third-order valence-electron chi connectivity index (χ3n) is 3.85. The van der Waals surface area contributed by atoms with Crippen molar-refractivity contribution in [2.75, 3.05) is 17.2 Å². The van der Waals surface area contributed by atoms with Gasteiger partial charge in [0.1, 0.15) is 5.82 Å². The zero-order valence-electron chi connectivity index (χ0n) is 14.3. The van der Waals surface area contributed by atoms with Crippen molar-refractivity contribution in [1.82, 2.24) is 15.2 Å². The summed E-state index contributed by atoms with van der Waals surface area (Å²) in [5.41, 5.74) is 3.92. The van der Waals surface area contributed by atoms with Gasteiger partial charge in [-0.2, -0.15) is 10.1 Å². The van der Waals surface area contributed by atoms with Crippen molar-refractivity contribution in [2.24, 2.45) is 0 Å². The number of halogens is 1. The Labute approximate surface area is 146 Å². The molecular formula is C19H20FN5. The molecule has 5 nitrogen and oxygen atoms in total. The molecule has 3 aromatic rings. The number of hydrogen-bond donors (Lipinski definition) is 2. The predicted molar refractivity (Wildman–Crippen MR) is 97.6 cm³/mol. The third-order valence-corrected chi connectivity index (χ3v) is 3.85. The standard InChI is InChI=1S/C19H20FN5/c1-13-7-8-17(14(2)11-13)23-19-24-18(12-22-25-19)21-10-9-15-5-3-4-6-16(15)20/h3-8,11-12H,9-10H2,1-2H3,(H2,21,23,24,25). The summed E-state index contributed by atoms with van der Waals surface area (Å²) in [4.78, 5) is 4.40. The Hall–Kier alpha value is -3.02. The second kappa shape index (κ2) is 7.70. The van der Waals surface area contributed by atoms with Crippen molar-refractivity contribution < 1.29 is 4.39 Å². The van der Waals surface area contributed by atoms with Gasteiger partial charge in [0.15, 0.2) is 5.82 Å².